The van der Waals surface area contributed by atoms with Crippen molar-refractivity contribution in [1.82, 2.24) is 0 Å². The van der Waals surface area contributed by atoms with Gasteiger partial charge >= 0.3 is 0 Å². The Morgan fingerprint density at radius 2 is 2.06 bits per heavy atom. The summed E-state index contributed by atoms with van der Waals surface area (Å²) in [6.07, 6.45) is 6.01. The highest BCUT2D eigenvalue weighted by Crippen LogP contribution is 2.27. The third-order valence-corrected chi connectivity index (χ3v) is 3.55. The lowest BCUT2D eigenvalue weighted by atomic mass is 10.0. The molecule has 0 fully saturated rings. The van der Waals surface area contributed by atoms with Crippen molar-refractivity contribution in [1.29, 1.82) is 0 Å². The average molecular weight is 305 g/mol. The molecule has 0 bridgehead atoms. The Hall–Kier alpha value is -0.0500. The molecule has 0 aliphatic rings. The van der Waals surface area contributed by atoms with E-state index >= 15 is 0 Å². The van der Waals surface area contributed by atoms with E-state index in [1.54, 1.807) is 0 Å². The summed E-state index contributed by atoms with van der Waals surface area (Å²) in [4.78, 5) is 0. The first-order chi connectivity index (χ1) is 7.65. The fraction of sp³-hybridized carbons (Fsp3) is 0.538. The van der Waals surface area contributed by atoms with Crippen LogP contribution in [0.2, 0.25) is 5.02 Å². The molecule has 1 aromatic rings. The van der Waals surface area contributed by atoms with Crippen molar-refractivity contribution in [2.24, 2.45) is 5.73 Å². The Morgan fingerprint density at radius 1 is 1.31 bits per heavy atom. The lowest BCUT2D eigenvalue weighted by Gasteiger charge is -2.13. The molecule has 90 valence electrons. The molecule has 0 spiro atoms. The molecule has 1 aromatic carbocycles. The molecule has 0 aliphatic heterocycles. The fourth-order valence-electron chi connectivity index (χ4n) is 1.75. The topological polar surface area (TPSA) is 26.0 Å². The Morgan fingerprint density at radius 3 is 2.69 bits per heavy atom. The predicted octanol–water partition coefficient (Wildman–Crippen LogP) is 5.07. The minimum absolute atomic E-state index is 0.0671. The van der Waals surface area contributed by atoms with E-state index in [9.17, 15) is 0 Å². The van der Waals surface area contributed by atoms with Crippen LogP contribution in [0, 0.1) is 0 Å². The monoisotopic (exact) mass is 303 g/mol. The van der Waals surface area contributed by atoms with Crippen LogP contribution >= 0.6 is 27.5 Å². The van der Waals surface area contributed by atoms with Crippen LogP contribution in [0.4, 0.5) is 0 Å². The summed E-state index contributed by atoms with van der Waals surface area (Å²) in [6, 6.07) is 5.98. The van der Waals surface area contributed by atoms with Gasteiger partial charge in [-0.15, -0.1) is 0 Å². The number of unbranched alkanes of at least 4 members (excludes halogenated alkanes) is 3. The van der Waals surface area contributed by atoms with Crippen molar-refractivity contribution < 1.29 is 0 Å². The van der Waals surface area contributed by atoms with Crippen molar-refractivity contribution in [3.05, 3.63) is 33.3 Å². The molecular formula is C13H19BrClN. The zero-order chi connectivity index (χ0) is 12.0. The third kappa shape index (κ3) is 4.44. The maximum atomic E-state index is 6.15. The first kappa shape index (κ1) is 14.0. The summed E-state index contributed by atoms with van der Waals surface area (Å²) >= 11 is 9.55. The summed E-state index contributed by atoms with van der Waals surface area (Å²) in [5.41, 5.74) is 7.19. The number of halogens is 2. The molecular weight excluding hydrogens is 286 g/mol. The molecule has 1 atom stereocenters. The van der Waals surface area contributed by atoms with Crippen LogP contribution in [0.3, 0.4) is 0 Å². The van der Waals surface area contributed by atoms with Gasteiger partial charge in [0.05, 0.1) is 0 Å². The molecule has 2 N–H and O–H groups in total. The van der Waals surface area contributed by atoms with Crippen LogP contribution in [0.5, 0.6) is 0 Å². The van der Waals surface area contributed by atoms with Crippen molar-refractivity contribution in [3.63, 3.8) is 0 Å². The Kier molecular flexibility index (Phi) is 6.40. The fourth-order valence-corrected chi connectivity index (χ4v) is 2.56. The molecule has 0 heterocycles. The molecule has 1 rings (SSSR count). The van der Waals surface area contributed by atoms with Gasteiger partial charge in [-0.2, -0.15) is 0 Å². The van der Waals surface area contributed by atoms with Crippen LogP contribution in [0.25, 0.3) is 0 Å². The zero-order valence-electron chi connectivity index (χ0n) is 9.68. The van der Waals surface area contributed by atoms with Gasteiger partial charge in [0.1, 0.15) is 0 Å². The summed E-state index contributed by atoms with van der Waals surface area (Å²) in [5, 5.41) is 0.761. The van der Waals surface area contributed by atoms with Crippen molar-refractivity contribution in [2.75, 3.05) is 0 Å². The minimum Gasteiger partial charge on any atom is -0.324 e. The van der Waals surface area contributed by atoms with E-state index in [0.29, 0.717) is 0 Å². The van der Waals surface area contributed by atoms with E-state index in [2.05, 4.69) is 22.9 Å². The van der Waals surface area contributed by atoms with E-state index in [0.717, 1.165) is 21.5 Å². The average Bonchev–Trinajstić information content (AvgIpc) is 2.24. The highest BCUT2D eigenvalue weighted by molar-refractivity contribution is 9.10. The third-order valence-electron chi connectivity index (χ3n) is 2.73. The second-order valence-electron chi connectivity index (χ2n) is 4.12. The Bertz CT molecular complexity index is 328. The van der Waals surface area contributed by atoms with Crippen LogP contribution in [-0.4, -0.2) is 0 Å². The van der Waals surface area contributed by atoms with Gasteiger partial charge in [-0.05, 0) is 24.1 Å². The highest BCUT2D eigenvalue weighted by atomic mass is 79.9. The number of hydrogen-bond acceptors (Lipinski definition) is 1. The Balaban J connectivity index is 2.49. The van der Waals surface area contributed by atoms with E-state index in [-0.39, 0.29) is 6.04 Å². The van der Waals surface area contributed by atoms with E-state index in [1.807, 2.05) is 18.2 Å². The first-order valence-electron chi connectivity index (χ1n) is 5.85. The SMILES string of the molecule is CCCCCCC(N)c1ccc(Br)cc1Cl. The molecule has 0 amide bonds. The Labute approximate surface area is 111 Å². The maximum Gasteiger partial charge on any atom is 0.0464 e. The van der Waals surface area contributed by atoms with Crippen LogP contribution in [0.1, 0.15) is 50.6 Å². The molecule has 16 heavy (non-hydrogen) atoms. The summed E-state index contributed by atoms with van der Waals surface area (Å²) < 4.78 is 0.999. The molecule has 0 aromatic heterocycles. The van der Waals surface area contributed by atoms with Crippen LogP contribution in [0.15, 0.2) is 22.7 Å². The maximum absolute atomic E-state index is 6.15. The van der Waals surface area contributed by atoms with Gasteiger partial charge in [0, 0.05) is 15.5 Å². The lowest BCUT2D eigenvalue weighted by molar-refractivity contribution is 0.566. The molecule has 0 radical (unpaired) electrons. The number of hydrogen-bond donors (Lipinski definition) is 1. The van der Waals surface area contributed by atoms with Crippen LogP contribution in [-0.2, 0) is 0 Å². The van der Waals surface area contributed by atoms with Gasteiger partial charge in [0.25, 0.3) is 0 Å². The molecule has 0 aliphatic carbocycles. The van der Waals surface area contributed by atoms with E-state index in [1.165, 1.54) is 25.7 Å². The van der Waals surface area contributed by atoms with Crippen molar-refractivity contribution >= 4 is 27.5 Å². The van der Waals surface area contributed by atoms with Crippen molar-refractivity contribution in [3.8, 4) is 0 Å². The van der Waals surface area contributed by atoms with Crippen molar-refractivity contribution in [2.45, 2.75) is 45.1 Å². The summed E-state index contributed by atoms with van der Waals surface area (Å²) in [5.74, 6) is 0. The lowest BCUT2D eigenvalue weighted by Crippen LogP contribution is -2.10. The van der Waals surface area contributed by atoms with Gasteiger partial charge in [-0.3, -0.25) is 0 Å². The predicted molar refractivity (Wildman–Crippen MR) is 74.8 cm³/mol. The van der Waals surface area contributed by atoms with Gasteiger partial charge < -0.3 is 5.73 Å². The molecule has 0 saturated heterocycles. The highest BCUT2D eigenvalue weighted by Gasteiger charge is 2.09. The standard InChI is InChI=1S/C13H19BrClN/c1-2-3-4-5-6-13(16)11-8-7-10(14)9-12(11)15/h7-9,13H,2-6,16H2,1H3. The summed E-state index contributed by atoms with van der Waals surface area (Å²) in [7, 11) is 0. The van der Waals surface area contributed by atoms with Gasteiger partial charge in [-0.1, -0.05) is 66.2 Å². The minimum atomic E-state index is 0.0671. The van der Waals surface area contributed by atoms with Gasteiger partial charge in [-0.25, -0.2) is 0 Å². The van der Waals surface area contributed by atoms with Gasteiger partial charge in [0.15, 0.2) is 0 Å². The van der Waals surface area contributed by atoms with E-state index < -0.39 is 0 Å². The molecule has 0 saturated carbocycles. The molecule has 1 unspecified atom stereocenters. The van der Waals surface area contributed by atoms with E-state index in [4.69, 9.17) is 17.3 Å². The number of benzene rings is 1. The van der Waals surface area contributed by atoms with Crippen LogP contribution < -0.4 is 5.73 Å². The molecule has 3 heteroatoms. The zero-order valence-corrected chi connectivity index (χ0v) is 12.0. The first-order valence-corrected chi connectivity index (χ1v) is 7.02. The normalized spacial score (nSPS) is 12.8. The van der Waals surface area contributed by atoms with Gasteiger partial charge in [0.2, 0.25) is 0 Å². The smallest absolute Gasteiger partial charge is 0.0464 e. The summed E-state index contributed by atoms with van der Waals surface area (Å²) in [6.45, 7) is 2.21. The second-order valence-corrected chi connectivity index (χ2v) is 5.44. The second kappa shape index (κ2) is 7.31. The molecule has 1 nitrogen and oxygen atoms in total. The quantitative estimate of drug-likeness (QED) is 0.729. The largest absolute Gasteiger partial charge is 0.324 e. The number of nitrogens with two attached hydrogens (primary N) is 1. The number of rotatable bonds is 6.